The smallest absolute Gasteiger partial charge is 0.252 e. The van der Waals surface area contributed by atoms with Gasteiger partial charge in [0.1, 0.15) is 16.3 Å². The van der Waals surface area contributed by atoms with Crippen LogP contribution in [0.25, 0.3) is 21.7 Å². The Labute approximate surface area is 163 Å². The number of nitrogen functional groups attached to an aromatic ring is 1. The highest BCUT2D eigenvalue weighted by Crippen LogP contribution is 2.30. The quantitative estimate of drug-likeness (QED) is 0.477. The van der Waals surface area contributed by atoms with E-state index in [-0.39, 0.29) is 17.3 Å². The molecule has 0 unspecified atom stereocenters. The van der Waals surface area contributed by atoms with Gasteiger partial charge in [0.05, 0.1) is 10.9 Å². The summed E-state index contributed by atoms with van der Waals surface area (Å²) >= 11 is 1.33. The Bertz CT molecular complexity index is 1200. The molecule has 0 aliphatic rings. The van der Waals surface area contributed by atoms with Crippen molar-refractivity contribution in [2.24, 2.45) is 0 Å². The number of pyridine rings is 2. The number of hydrogen-bond donors (Lipinski definition) is 3. The summed E-state index contributed by atoms with van der Waals surface area (Å²) in [4.78, 5) is 40.1. The monoisotopic (exact) mass is 392 g/mol. The molecule has 4 heterocycles. The summed E-state index contributed by atoms with van der Waals surface area (Å²) in [7, 11) is 0. The van der Waals surface area contributed by atoms with E-state index < -0.39 is 0 Å². The average Bonchev–Trinajstić information content (AvgIpc) is 3.13. The van der Waals surface area contributed by atoms with Gasteiger partial charge in [0, 0.05) is 30.4 Å². The van der Waals surface area contributed by atoms with E-state index in [0.717, 1.165) is 5.56 Å². The van der Waals surface area contributed by atoms with Gasteiger partial charge in [0.25, 0.3) is 5.91 Å². The van der Waals surface area contributed by atoms with Crippen molar-refractivity contribution in [3.05, 3.63) is 69.6 Å². The summed E-state index contributed by atoms with van der Waals surface area (Å²) in [6.07, 6.45) is 3.80. The van der Waals surface area contributed by atoms with Crippen molar-refractivity contribution in [2.75, 3.05) is 12.3 Å². The molecular formula is C19H16N6O2S. The van der Waals surface area contributed by atoms with Crippen LogP contribution in [0.15, 0.2) is 52.9 Å². The maximum Gasteiger partial charge on any atom is 0.252 e. The summed E-state index contributed by atoms with van der Waals surface area (Å²) in [5.41, 5.74) is 7.87. The number of fused-ring (bicyclic) bond motifs is 1. The maximum atomic E-state index is 12.6. The Morgan fingerprint density at radius 3 is 2.93 bits per heavy atom. The first-order valence-corrected chi connectivity index (χ1v) is 9.42. The first-order valence-electron chi connectivity index (χ1n) is 8.54. The van der Waals surface area contributed by atoms with Gasteiger partial charge in [0.15, 0.2) is 5.82 Å². The van der Waals surface area contributed by atoms with Gasteiger partial charge in [-0.15, -0.1) is 11.3 Å². The molecule has 9 heteroatoms. The third kappa shape index (κ3) is 3.60. The van der Waals surface area contributed by atoms with Gasteiger partial charge in [-0.1, -0.05) is 6.07 Å². The fourth-order valence-corrected chi connectivity index (χ4v) is 3.73. The van der Waals surface area contributed by atoms with E-state index in [0.29, 0.717) is 40.3 Å². The number of amides is 1. The first-order chi connectivity index (χ1) is 13.6. The average molecular weight is 392 g/mol. The zero-order valence-electron chi connectivity index (χ0n) is 14.7. The number of aromatic nitrogens is 4. The molecule has 0 aliphatic carbocycles. The molecular weight excluding hydrogens is 376 g/mol. The zero-order valence-corrected chi connectivity index (χ0v) is 15.5. The summed E-state index contributed by atoms with van der Waals surface area (Å²) in [5.74, 6) is 0.414. The Kier molecular flexibility index (Phi) is 4.81. The van der Waals surface area contributed by atoms with Crippen LogP contribution >= 0.6 is 11.3 Å². The molecule has 4 aromatic rings. The second-order valence-electron chi connectivity index (χ2n) is 6.04. The SMILES string of the molecule is Nc1nc(-c2ccccn2)nc2scc(C(=O)NCCc3cc[nH]c(=O)c3)c12. The standard InChI is InChI=1S/C19H16N6O2S/c20-16-15-12(18(27)23-8-5-11-4-7-22-14(26)9-11)10-28-19(15)25-17(24-16)13-3-1-2-6-21-13/h1-4,6-7,9-10H,5,8H2,(H,22,26)(H,23,27)(H2,20,24,25). The Hall–Kier alpha value is -3.59. The molecule has 0 fully saturated rings. The van der Waals surface area contributed by atoms with Gasteiger partial charge in [-0.2, -0.15) is 0 Å². The molecule has 4 aromatic heterocycles. The molecule has 140 valence electrons. The van der Waals surface area contributed by atoms with Crippen molar-refractivity contribution in [2.45, 2.75) is 6.42 Å². The normalized spacial score (nSPS) is 10.9. The lowest BCUT2D eigenvalue weighted by Gasteiger charge is -2.06. The van der Waals surface area contributed by atoms with Crippen molar-refractivity contribution < 1.29 is 4.79 Å². The number of nitrogens with zero attached hydrogens (tertiary/aromatic N) is 3. The lowest BCUT2D eigenvalue weighted by molar-refractivity contribution is 0.0956. The van der Waals surface area contributed by atoms with Crippen molar-refractivity contribution in [1.29, 1.82) is 0 Å². The molecule has 0 atom stereocenters. The van der Waals surface area contributed by atoms with Crippen LogP contribution in [0.1, 0.15) is 15.9 Å². The minimum atomic E-state index is -0.253. The highest BCUT2D eigenvalue weighted by Gasteiger charge is 2.18. The Morgan fingerprint density at radius 1 is 1.25 bits per heavy atom. The van der Waals surface area contributed by atoms with Gasteiger partial charge in [0.2, 0.25) is 5.56 Å². The van der Waals surface area contributed by atoms with E-state index in [1.54, 1.807) is 29.9 Å². The molecule has 0 spiro atoms. The second-order valence-corrected chi connectivity index (χ2v) is 6.90. The highest BCUT2D eigenvalue weighted by atomic mass is 32.1. The maximum absolute atomic E-state index is 12.6. The number of aromatic amines is 1. The number of anilines is 1. The molecule has 0 radical (unpaired) electrons. The van der Waals surface area contributed by atoms with Gasteiger partial charge < -0.3 is 16.0 Å². The lowest BCUT2D eigenvalue weighted by atomic mass is 10.2. The molecule has 0 aliphatic heterocycles. The van der Waals surface area contributed by atoms with Crippen LogP contribution in [0.5, 0.6) is 0 Å². The number of nitrogens with two attached hydrogens (primary N) is 1. The minimum Gasteiger partial charge on any atom is -0.383 e. The van der Waals surface area contributed by atoms with Gasteiger partial charge >= 0.3 is 0 Å². The fraction of sp³-hybridized carbons (Fsp3) is 0.105. The van der Waals surface area contributed by atoms with E-state index in [9.17, 15) is 9.59 Å². The molecule has 0 bridgehead atoms. The number of nitrogens with one attached hydrogen (secondary N) is 2. The number of H-pyrrole nitrogens is 1. The van der Waals surface area contributed by atoms with E-state index in [1.807, 2.05) is 12.1 Å². The van der Waals surface area contributed by atoms with E-state index in [1.165, 1.54) is 17.4 Å². The van der Waals surface area contributed by atoms with Gasteiger partial charge in [-0.25, -0.2) is 9.97 Å². The number of thiophene rings is 1. The van der Waals surface area contributed by atoms with Crippen LogP contribution in [-0.2, 0) is 6.42 Å². The predicted molar refractivity (Wildman–Crippen MR) is 108 cm³/mol. The van der Waals surface area contributed by atoms with Crippen molar-refractivity contribution >= 4 is 33.3 Å². The number of rotatable bonds is 5. The van der Waals surface area contributed by atoms with E-state index in [4.69, 9.17) is 5.73 Å². The molecule has 0 aromatic carbocycles. The molecule has 8 nitrogen and oxygen atoms in total. The van der Waals surface area contributed by atoms with Crippen LogP contribution in [-0.4, -0.2) is 32.4 Å². The van der Waals surface area contributed by atoms with Crippen LogP contribution in [0.4, 0.5) is 5.82 Å². The third-order valence-corrected chi connectivity index (χ3v) is 5.01. The number of carbonyl (C=O) groups is 1. The summed E-state index contributed by atoms with van der Waals surface area (Å²) in [5, 5.41) is 5.11. The van der Waals surface area contributed by atoms with Crippen LogP contribution < -0.4 is 16.6 Å². The van der Waals surface area contributed by atoms with Gasteiger partial charge in [-0.05, 0) is 30.2 Å². The molecule has 4 N–H and O–H groups in total. The second kappa shape index (κ2) is 7.57. The summed E-state index contributed by atoms with van der Waals surface area (Å²) < 4.78 is 0. The minimum absolute atomic E-state index is 0.165. The molecule has 4 rings (SSSR count). The first kappa shape index (κ1) is 17.8. The lowest BCUT2D eigenvalue weighted by Crippen LogP contribution is -2.26. The van der Waals surface area contributed by atoms with Crippen LogP contribution in [0, 0.1) is 0 Å². The van der Waals surface area contributed by atoms with E-state index >= 15 is 0 Å². The molecule has 28 heavy (non-hydrogen) atoms. The topological polar surface area (TPSA) is 127 Å². The Balaban J connectivity index is 1.54. The van der Waals surface area contributed by atoms with Crippen molar-refractivity contribution in [1.82, 2.24) is 25.3 Å². The van der Waals surface area contributed by atoms with Crippen LogP contribution in [0.3, 0.4) is 0 Å². The van der Waals surface area contributed by atoms with Gasteiger partial charge in [-0.3, -0.25) is 14.6 Å². The highest BCUT2D eigenvalue weighted by molar-refractivity contribution is 7.17. The molecule has 1 amide bonds. The fourth-order valence-electron chi connectivity index (χ4n) is 2.81. The van der Waals surface area contributed by atoms with Crippen LogP contribution in [0.2, 0.25) is 0 Å². The Morgan fingerprint density at radius 2 is 2.14 bits per heavy atom. The molecule has 0 saturated heterocycles. The summed E-state index contributed by atoms with van der Waals surface area (Å²) in [6.45, 7) is 0.395. The predicted octanol–water partition coefficient (Wildman–Crippen LogP) is 2.00. The van der Waals surface area contributed by atoms with Crippen molar-refractivity contribution in [3.63, 3.8) is 0 Å². The summed E-state index contributed by atoms with van der Waals surface area (Å²) in [6, 6.07) is 8.77. The largest absolute Gasteiger partial charge is 0.383 e. The number of carbonyl (C=O) groups excluding carboxylic acids is 1. The van der Waals surface area contributed by atoms with Crippen molar-refractivity contribution in [3.8, 4) is 11.5 Å². The zero-order chi connectivity index (χ0) is 19.5. The molecule has 0 saturated carbocycles. The van der Waals surface area contributed by atoms with E-state index in [2.05, 4.69) is 25.3 Å². The third-order valence-electron chi connectivity index (χ3n) is 4.14. The number of hydrogen-bond acceptors (Lipinski definition) is 7.